The molecule has 148 valence electrons. The number of hydrogen-bond acceptors (Lipinski definition) is 3. The molecule has 1 aliphatic rings. The summed E-state index contributed by atoms with van der Waals surface area (Å²) >= 11 is 3.50. The summed E-state index contributed by atoms with van der Waals surface area (Å²) in [7, 11) is 1.44. The molecule has 1 unspecified atom stereocenters. The molecule has 0 fully saturated rings. The highest BCUT2D eigenvalue weighted by Gasteiger charge is 2.43. The normalized spacial score (nSPS) is 16.8. The molecule has 0 spiro atoms. The van der Waals surface area contributed by atoms with Gasteiger partial charge in [0, 0.05) is 16.2 Å². The van der Waals surface area contributed by atoms with Crippen molar-refractivity contribution in [2.45, 2.75) is 12.1 Å². The van der Waals surface area contributed by atoms with Gasteiger partial charge in [0.05, 0.1) is 18.7 Å². The second-order valence-corrected chi connectivity index (χ2v) is 7.39. The van der Waals surface area contributed by atoms with Gasteiger partial charge >= 0.3 is 6.18 Å². The van der Waals surface area contributed by atoms with E-state index in [-0.39, 0.29) is 0 Å². The maximum Gasteiger partial charge on any atom is 0.432 e. The van der Waals surface area contributed by atoms with Crippen molar-refractivity contribution < 1.29 is 17.9 Å². The predicted molar refractivity (Wildman–Crippen MR) is 112 cm³/mol. The number of benzene rings is 3. The number of nitrogens with zero attached hydrogens (tertiary/aromatic N) is 2. The van der Waals surface area contributed by atoms with Gasteiger partial charge in [-0.15, -0.1) is 0 Å². The molecule has 3 nitrogen and oxygen atoms in total. The van der Waals surface area contributed by atoms with Crippen molar-refractivity contribution in [3.8, 4) is 5.75 Å². The van der Waals surface area contributed by atoms with E-state index in [1.165, 1.54) is 18.2 Å². The van der Waals surface area contributed by atoms with Crippen LogP contribution in [0.1, 0.15) is 11.5 Å². The second kappa shape index (κ2) is 7.55. The van der Waals surface area contributed by atoms with Crippen LogP contribution in [-0.2, 0) is 0 Å². The van der Waals surface area contributed by atoms with Crippen molar-refractivity contribution in [2.75, 3.05) is 12.1 Å². The molecule has 0 aromatic heterocycles. The van der Waals surface area contributed by atoms with Crippen LogP contribution in [0.15, 0.2) is 82.5 Å². The van der Waals surface area contributed by atoms with Crippen LogP contribution in [0.2, 0.25) is 0 Å². The van der Waals surface area contributed by atoms with E-state index in [0.29, 0.717) is 17.0 Å². The molecule has 0 bridgehead atoms. The van der Waals surface area contributed by atoms with E-state index in [0.717, 1.165) is 15.2 Å². The van der Waals surface area contributed by atoms with E-state index in [1.807, 2.05) is 30.3 Å². The summed E-state index contributed by atoms with van der Waals surface area (Å²) in [6.07, 6.45) is -1.54. The Morgan fingerprint density at radius 3 is 2.52 bits per heavy atom. The fourth-order valence-electron chi connectivity index (χ4n) is 3.40. The van der Waals surface area contributed by atoms with E-state index in [9.17, 15) is 13.2 Å². The third kappa shape index (κ3) is 3.74. The second-order valence-electron chi connectivity index (χ2n) is 6.54. The summed E-state index contributed by atoms with van der Waals surface area (Å²) in [4.78, 5) is 0. The fourth-order valence-corrected chi connectivity index (χ4v) is 4.00. The summed E-state index contributed by atoms with van der Waals surface area (Å²) in [5.41, 5.74) is 0.0579. The van der Waals surface area contributed by atoms with Crippen molar-refractivity contribution in [2.24, 2.45) is 5.10 Å². The molecule has 7 heteroatoms. The standard InChI is InChI=1S/C22H16BrF3N2O/c1-29-20-9-5-4-8-17(20)18-10-11-28(27-21(18)22(24,25)26)15-12-14-6-2-3-7-16(14)19(23)13-15/h2-13,18H,1H3. The molecule has 1 heterocycles. The van der Waals surface area contributed by atoms with Crippen molar-refractivity contribution in [3.63, 3.8) is 0 Å². The van der Waals surface area contributed by atoms with Gasteiger partial charge in [-0.3, -0.25) is 0 Å². The molecule has 1 atom stereocenters. The highest BCUT2D eigenvalue weighted by Crippen LogP contribution is 2.38. The SMILES string of the molecule is COc1ccccc1C1C=CN(c2cc(Br)c3ccccc3c2)N=C1C(F)(F)F. The van der Waals surface area contributed by atoms with Gasteiger partial charge < -0.3 is 4.74 Å². The molecule has 0 aliphatic carbocycles. The van der Waals surface area contributed by atoms with Crippen molar-refractivity contribution in [3.05, 3.63) is 83.0 Å². The number of halogens is 4. The predicted octanol–water partition coefficient (Wildman–Crippen LogP) is 6.65. The van der Waals surface area contributed by atoms with Gasteiger partial charge in [0.15, 0.2) is 5.71 Å². The Labute approximate surface area is 174 Å². The first-order valence-electron chi connectivity index (χ1n) is 8.83. The maximum absolute atomic E-state index is 13.9. The Morgan fingerprint density at radius 2 is 1.76 bits per heavy atom. The largest absolute Gasteiger partial charge is 0.496 e. The highest BCUT2D eigenvalue weighted by molar-refractivity contribution is 9.10. The molecule has 0 radical (unpaired) electrons. The van der Waals surface area contributed by atoms with Crippen LogP contribution in [0.25, 0.3) is 10.8 Å². The van der Waals surface area contributed by atoms with E-state index >= 15 is 0 Å². The molecular weight excluding hydrogens is 445 g/mol. The van der Waals surface area contributed by atoms with E-state index < -0.39 is 17.8 Å². The number of anilines is 1. The summed E-state index contributed by atoms with van der Waals surface area (Å²) in [5.74, 6) is -0.660. The third-order valence-corrected chi connectivity index (χ3v) is 5.41. The lowest BCUT2D eigenvalue weighted by Crippen LogP contribution is -2.34. The van der Waals surface area contributed by atoms with Gasteiger partial charge in [-0.2, -0.15) is 18.3 Å². The zero-order valence-electron chi connectivity index (χ0n) is 15.3. The smallest absolute Gasteiger partial charge is 0.432 e. The molecule has 0 saturated carbocycles. The summed E-state index contributed by atoms with van der Waals surface area (Å²) < 4.78 is 47.7. The van der Waals surface area contributed by atoms with Crippen molar-refractivity contribution in [1.82, 2.24) is 0 Å². The minimum absolute atomic E-state index is 0.390. The third-order valence-electron chi connectivity index (χ3n) is 4.75. The van der Waals surface area contributed by atoms with Crippen LogP contribution in [0.3, 0.4) is 0 Å². The number of hydrogen-bond donors (Lipinski definition) is 0. The number of ether oxygens (including phenoxy) is 1. The minimum atomic E-state index is -4.59. The highest BCUT2D eigenvalue weighted by atomic mass is 79.9. The molecule has 4 rings (SSSR count). The number of rotatable bonds is 3. The summed E-state index contributed by atoms with van der Waals surface area (Å²) in [6.45, 7) is 0. The van der Waals surface area contributed by atoms with Gasteiger partial charge in [0.25, 0.3) is 0 Å². The van der Waals surface area contributed by atoms with E-state index in [4.69, 9.17) is 4.74 Å². The number of fused-ring (bicyclic) bond motifs is 1. The average Bonchev–Trinajstić information content (AvgIpc) is 2.72. The number of allylic oxidation sites excluding steroid dienone is 1. The Bertz CT molecular complexity index is 1120. The molecular formula is C22H16BrF3N2O. The van der Waals surface area contributed by atoms with Crippen LogP contribution in [0.4, 0.5) is 18.9 Å². The molecule has 1 aliphatic heterocycles. The monoisotopic (exact) mass is 460 g/mol. The van der Waals surface area contributed by atoms with Gasteiger partial charge in [-0.25, -0.2) is 5.01 Å². The average molecular weight is 461 g/mol. The summed E-state index contributed by atoms with van der Waals surface area (Å²) in [6, 6.07) is 17.9. The van der Waals surface area contributed by atoms with Crippen LogP contribution in [0.5, 0.6) is 5.75 Å². The molecule has 0 saturated heterocycles. The Hall–Kier alpha value is -2.80. The lowest BCUT2D eigenvalue weighted by molar-refractivity contribution is -0.0611. The van der Waals surface area contributed by atoms with Crippen LogP contribution in [-0.4, -0.2) is 19.0 Å². The number of para-hydroxylation sites is 1. The van der Waals surface area contributed by atoms with E-state index in [2.05, 4.69) is 21.0 Å². The number of hydrazone groups is 1. The first-order valence-corrected chi connectivity index (χ1v) is 9.62. The topological polar surface area (TPSA) is 24.8 Å². The first kappa shape index (κ1) is 19.5. The van der Waals surface area contributed by atoms with Crippen molar-refractivity contribution >= 4 is 38.1 Å². The molecule has 29 heavy (non-hydrogen) atoms. The Kier molecular flexibility index (Phi) is 5.08. The molecule has 0 amide bonds. The Morgan fingerprint density at radius 1 is 1.03 bits per heavy atom. The fraction of sp³-hybridized carbons (Fsp3) is 0.136. The van der Waals surface area contributed by atoms with Gasteiger partial charge in [-0.05, 0) is 29.0 Å². The van der Waals surface area contributed by atoms with Crippen LogP contribution < -0.4 is 9.75 Å². The minimum Gasteiger partial charge on any atom is -0.496 e. The van der Waals surface area contributed by atoms with Crippen molar-refractivity contribution in [1.29, 1.82) is 0 Å². The lowest BCUT2D eigenvalue weighted by atomic mass is 9.92. The van der Waals surface area contributed by atoms with Crippen LogP contribution in [0, 0.1) is 0 Å². The quantitative estimate of drug-likeness (QED) is 0.437. The zero-order valence-corrected chi connectivity index (χ0v) is 16.9. The summed E-state index contributed by atoms with van der Waals surface area (Å²) in [5, 5.41) is 7.10. The zero-order chi connectivity index (χ0) is 20.6. The lowest BCUT2D eigenvalue weighted by Gasteiger charge is -2.28. The maximum atomic E-state index is 13.9. The van der Waals surface area contributed by atoms with Gasteiger partial charge in [0.2, 0.25) is 0 Å². The number of methoxy groups -OCH3 is 1. The first-order chi connectivity index (χ1) is 13.9. The van der Waals surface area contributed by atoms with Crippen LogP contribution >= 0.6 is 15.9 Å². The molecule has 3 aromatic rings. The molecule has 3 aromatic carbocycles. The number of alkyl halides is 3. The van der Waals surface area contributed by atoms with Gasteiger partial charge in [-0.1, -0.05) is 64.5 Å². The molecule has 0 N–H and O–H groups in total. The Balaban J connectivity index is 1.80. The van der Waals surface area contributed by atoms with Gasteiger partial charge in [0.1, 0.15) is 5.75 Å². The van der Waals surface area contributed by atoms with E-state index in [1.54, 1.807) is 36.5 Å².